The molecule has 0 radical (unpaired) electrons. The second-order valence-electron chi connectivity index (χ2n) is 5.26. The predicted octanol–water partition coefficient (Wildman–Crippen LogP) is 5.60. The van der Waals surface area contributed by atoms with Gasteiger partial charge in [-0.1, -0.05) is 76.1 Å². The molecule has 2 N–H and O–H groups in total. The second kappa shape index (κ2) is 17.5. The van der Waals surface area contributed by atoms with Crippen molar-refractivity contribution in [1.29, 1.82) is 0 Å². The summed E-state index contributed by atoms with van der Waals surface area (Å²) in [7, 11) is 0. The van der Waals surface area contributed by atoms with Gasteiger partial charge in [-0.25, -0.2) is 4.79 Å². The number of rotatable bonds is 7. The van der Waals surface area contributed by atoms with Crippen molar-refractivity contribution < 1.29 is 19.4 Å². The van der Waals surface area contributed by atoms with Gasteiger partial charge in [0.1, 0.15) is 12.4 Å². The van der Waals surface area contributed by atoms with Crippen LogP contribution in [0.4, 0.5) is 4.79 Å². The number of ketones is 1. The van der Waals surface area contributed by atoms with E-state index in [1.54, 1.807) is 24.3 Å². The number of alkyl carbamates (subject to hydrolysis) is 1. The van der Waals surface area contributed by atoms with Crippen molar-refractivity contribution in [1.82, 2.24) is 5.32 Å². The topological polar surface area (TPSA) is 75.6 Å². The highest BCUT2D eigenvalue weighted by Crippen LogP contribution is 2.15. The van der Waals surface area contributed by atoms with E-state index in [4.69, 9.17) is 21.4 Å². The van der Waals surface area contributed by atoms with Crippen LogP contribution in [0, 0.1) is 0 Å². The summed E-state index contributed by atoms with van der Waals surface area (Å²) in [4.78, 5) is 20.8. The van der Waals surface area contributed by atoms with E-state index in [0.717, 1.165) is 5.56 Å². The van der Waals surface area contributed by atoms with Crippen molar-refractivity contribution in [2.75, 3.05) is 6.54 Å². The van der Waals surface area contributed by atoms with Crippen LogP contribution in [0.15, 0.2) is 49.3 Å². The number of hydrogen-bond donors (Lipinski definition) is 2. The van der Waals surface area contributed by atoms with Gasteiger partial charge in [-0.2, -0.15) is 0 Å². The first kappa shape index (κ1) is 26.0. The molecule has 0 aliphatic rings. The molecule has 0 saturated heterocycles. The van der Waals surface area contributed by atoms with Crippen LogP contribution in [0.5, 0.6) is 0 Å². The monoisotopic (exact) mass is 383 g/mol. The molecule has 1 amide bonds. The molecule has 0 saturated carbocycles. The molecule has 1 aromatic rings. The Balaban J connectivity index is 0. The largest absolute Gasteiger partial charge is 0.511 e. The summed E-state index contributed by atoms with van der Waals surface area (Å²) in [5.41, 5.74) is 0.724. The molecule has 0 bridgehead atoms. The molecule has 0 atom stereocenters. The zero-order valence-corrected chi connectivity index (χ0v) is 16.6. The fourth-order valence-electron chi connectivity index (χ4n) is 1.34. The summed E-state index contributed by atoms with van der Waals surface area (Å²) in [5.74, 6) is -0.111. The van der Waals surface area contributed by atoms with Gasteiger partial charge in [0.05, 0.1) is 6.54 Å². The van der Waals surface area contributed by atoms with Crippen LogP contribution in [0.2, 0.25) is 5.02 Å². The predicted molar refractivity (Wildman–Crippen MR) is 107 cm³/mol. The minimum absolute atomic E-state index is 0.0185. The van der Waals surface area contributed by atoms with Gasteiger partial charge < -0.3 is 15.2 Å². The third-order valence-corrected chi connectivity index (χ3v) is 3.12. The van der Waals surface area contributed by atoms with Crippen LogP contribution in [0.25, 0.3) is 0 Å². The molecule has 0 unspecified atom stereocenters. The van der Waals surface area contributed by atoms with Gasteiger partial charge >= 0.3 is 6.09 Å². The fraction of sp³-hybridized carbons (Fsp3) is 0.400. The van der Waals surface area contributed by atoms with Gasteiger partial charge in [0.2, 0.25) is 0 Å². The van der Waals surface area contributed by atoms with Crippen molar-refractivity contribution in [3.05, 3.63) is 59.8 Å². The van der Waals surface area contributed by atoms with E-state index < -0.39 is 6.09 Å². The zero-order chi connectivity index (χ0) is 20.4. The molecule has 0 fully saturated rings. The number of carbonyl (C=O) groups is 2. The lowest BCUT2D eigenvalue weighted by Gasteiger charge is -2.07. The van der Waals surface area contributed by atoms with Crippen molar-refractivity contribution in [3.63, 3.8) is 0 Å². The number of hydrogen-bond acceptors (Lipinski definition) is 4. The fourth-order valence-corrected chi connectivity index (χ4v) is 1.53. The van der Waals surface area contributed by atoms with E-state index in [0.29, 0.717) is 5.02 Å². The average Bonchev–Trinajstić information content (AvgIpc) is 2.61. The number of halogens is 1. The molecule has 0 aliphatic carbocycles. The van der Waals surface area contributed by atoms with Crippen molar-refractivity contribution in [2.45, 2.75) is 46.6 Å². The van der Waals surface area contributed by atoms with Crippen LogP contribution < -0.4 is 5.32 Å². The normalized spacial score (nSPS) is 8.77. The van der Waals surface area contributed by atoms with E-state index in [1.807, 2.05) is 0 Å². The standard InChI is InChI=1S/C11H12ClNO3.C5H12.C4H6O/c1-8(14)6-13-11(15)16-7-9-4-2-3-5-10(9)12;1-3-5-4-2;1-3-4(2)5/h2-5,14H,1,6-7H2,(H,13,15);3-5H2,1-2H3;3H,1H2,2H3. The molecule has 6 heteroatoms. The summed E-state index contributed by atoms with van der Waals surface area (Å²) in [6.45, 7) is 12.4. The molecule has 0 aliphatic heterocycles. The van der Waals surface area contributed by atoms with Crippen molar-refractivity contribution in [2.24, 2.45) is 0 Å². The number of benzene rings is 1. The van der Waals surface area contributed by atoms with Gasteiger partial charge in [0.25, 0.3) is 0 Å². The van der Waals surface area contributed by atoms with E-state index >= 15 is 0 Å². The van der Waals surface area contributed by atoms with Crippen LogP contribution in [-0.2, 0) is 16.1 Å². The number of ether oxygens (including phenoxy) is 1. The average molecular weight is 384 g/mol. The quantitative estimate of drug-likeness (QED) is 0.475. The molecule has 26 heavy (non-hydrogen) atoms. The number of aliphatic hydroxyl groups excluding tert-OH is 1. The molecular weight excluding hydrogens is 354 g/mol. The van der Waals surface area contributed by atoms with Crippen molar-refractivity contribution in [3.8, 4) is 0 Å². The van der Waals surface area contributed by atoms with Crippen LogP contribution in [-0.4, -0.2) is 23.5 Å². The third-order valence-electron chi connectivity index (χ3n) is 2.75. The lowest BCUT2D eigenvalue weighted by Crippen LogP contribution is -2.26. The number of carbonyl (C=O) groups excluding carboxylic acids is 2. The Kier molecular flexibility index (Phi) is 17.5. The molecule has 0 aromatic heterocycles. The third kappa shape index (κ3) is 18.1. The maximum absolute atomic E-state index is 11.1. The van der Waals surface area contributed by atoms with E-state index in [1.165, 1.54) is 32.3 Å². The number of nitrogens with one attached hydrogen (secondary N) is 1. The van der Waals surface area contributed by atoms with Gasteiger partial charge in [0.15, 0.2) is 5.78 Å². The van der Waals surface area contributed by atoms with Gasteiger partial charge in [-0.15, -0.1) is 0 Å². The number of aliphatic hydroxyl groups is 1. The molecule has 1 aromatic carbocycles. The zero-order valence-electron chi connectivity index (χ0n) is 15.9. The smallest absolute Gasteiger partial charge is 0.407 e. The number of allylic oxidation sites excluding steroid dienone is 1. The van der Waals surface area contributed by atoms with E-state index in [2.05, 4.69) is 32.3 Å². The van der Waals surface area contributed by atoms with Crippen LogP contribution in [0.3, 0.4) is 0 Å². The Morgan fingerprint density at radius 1 is 1.27 bits per heavy atom. The Morgan fingerprint density at radius 3 is 2.19 bits per heavy atom. The summed E-state index contributed by atoms with van der Waals surface area (Å²) >= 11 is 5.87. The molecule has 0 spiro atoms. The Morgan fingerprint density at radius 2 is 1.81 bits per heavy atom. The molecule has 0 heterocycles. The van der Waals surface area contributed by atoms with Gasteiger partial charge in [0, 0.05) is 10.6 Å². The number of unbranched alkanes of at least 4 members (excludes halogenated alkanes) is 2. The lowest BCUT2D eigenvalue weighted by atomic mass is 10.2. The molecule has 1 rings (SSSR count). The Labute approximate surface area is 161 Å². The first-order valence-corrected chi connectivity index (χ1v) is 8.79. The maximum atomic E-state index is 11.1. The number of amides is 1. The van der Waals surface area contributed by atoms with Crippen molar-refractivity contribution >= 4 is 23.5 Å². The molecular formula is C20H30ClNO4. The van der Waals surface area contributed by atoms with Crippen LogP contribution >= 0.6 is 11.6 Å². The SMILES string of the molecule is C=C(O)CNC(=O)OCc1ccccc1Cl.C=CC(C)=O.CCCCC. The minimum Gasteiger partial charge on any atom is -0.511 e. The van der Waals surface area contributed by atoms with Gasteiger partial charge in [-0.05, 0) is 19.1 Å². The Hall–Kier alpha value is -2.27. The van der Waals surface area contributed by atoms with E-state index in [9.17, 15) is 9.59 Å². The first-order chi connectivity index (χ1) is 12.3. The highest BCUT2D eigenvalue weighted by atomic mass is 35.5. The lowest BCUT2D eigenvalue weighted by molar-refractivity contribution is -0.112. The summed E-state index contributed by atoms with van der Waals surface area (Å²) in [6.07, 6.45) is 4.72. The van der Waals surface area contributed by atoms with Gasteiger partial charge in [-0.3, -0.25) is 4.79 Å². The van der Waals surface area contributed by atoms with E-state index in [-0.39, 0.29) is 24.7 Å². The Bertz CT molecular complexity index is 556. The summed E-state index contributed by atoms with van der Waals surface area (Å²) in [6, 6.07) is 7.08. The first-order valence-electron chi connectivity index (χ1n) is 8.42. The highest BCUT2D eigenvalue weighted by Gasteiger charge is 2.04. The summed E-state index contributed by atoms with van der Waals surface area (Å²) in [5, 5.41) is 11.6. The summed E-state index contributed by atoms with van der Waals surface area (Å²) < 4.78 is 4.87. The maximum Gasteiger partial charge on any atom is 0.407 e. The minimum atomic E-state index is -0.630. The highest BCUT2D eigenvalue weighted by molar-refractivity contribution is 6.31. The molecule has 146 valence electrons. The second-order valence-corrected chi connectivity index (χ2v) is 5.66. The molecule has 5 nitrogen and oxygen atoms in total. The van der Waals surface area contributed by atoms with Crippen LogP contribution in [0.1, 0.15) is 45.6 Å².